The largest absolute Gasteiger partial charge is 0.573 e. The van der Waals surface area contributed by atoms with Crippen molar-refractivity contribution >= 4 is 0 Å². The van der Waals surface area contributed by atoms with Gasteiger partial charge in [0.2, 0.25) is 0 Å². The van der Waals surface area contributed by atoms with Crippen LogP contribution in [-0.2, 0) is 9.47 Å². The van der Waals surface area contributed by atoms with Crippen molar-refractivity contribution in [2.75, 3.05) is 19.8 Å². The van der Waals surface area contributed by atoms with Gasteiger partial charge in [-0.05, 0) is 78.5 Å². The number of rotatable bonds is 9. The van der Waals surface area contributed by atoms with Gasteiger partial charge in [0.15, 0.2) is 23.7 Å². The van der Waals surface area contributed by atoms with E-state index in [4.69, 9.17) is 14.2 Å². The molecule has 0 atom stereocenters. The van der Waals surface area contributed by atoms with Crippen molar-refractivity contribution in [1.29, 1.82) is 0 Å². The maximum absolute atomic E-state index is 14.9. The van der Waals surface area contributed by atoms with E-state index in [-0.39, 0.29) is 31.5 Å². The third-order valence-electron chi connectivity index (χ3n) is 8.07. The topological polar surface area (TPSA) is 36.9 Å². The Morgan fingerprint density at radius 1 is 0.762 bits per heavy atom. The molecule has 0 unspecified atom stereocenters. The van der Waals surface area contributed by atoms with Crippen molar-refractivity contribution in [2.45, 2.75) is 64.0 Å². The van der Waals surface area contributed by atoms with Gasteiger partial charge >= 0.3 is 6.36 Å². The molecule has 9 heteroatoms. The van der Waals surface area contributed by atoms with Gasteiger partial charge in [-0.2, -0.15) is 0 Å². The molecule has 2 aliphatic rings. The van der Waals surface area contributed by atoms with E-state index in [1.54, 1.807) is 0 Å². The summed E-state index contributed by atoms with van der Waals surface area (Å²) in [5, 5.41) is 0. The minimum atomic E-state index is -4.77. The number of hydrogen-bond donors (Lipinski definition) is 0. The Morgan fingerprint density at radius 2 is 1.36 bits per heavy atom. The second-order valence-electron chi connectivity index (χ2n) is 11.2. The monoisotopic (exact) mass is 590 g/mol. The van der Waals surface area contributed by atoms with Gasteiger partial charge in [0.25, 0.3) is 0 Å². The van der Waals surface area contributed by atoms with Crippen LogP contribution in [0.3, 0.4) is 0 Å². The lowest BCUT2D eigenvalue weighted by atomic mass is 9.77. The van der Waals surface area contributed by atoms with Gasteiger partial charge in [0, 0.05) is 11.5 Å². The highest BCUT2D eigenvalue weighted by Crippen LogP contribution is 2.38. The summed E-state index contributed by atoms with van der Waals surface area (Å²) < 4.78 is 87.6. The number of ether oxygens (including phenoxy) is 4. The standard InChI is InChI=1S/C33H35F5O4/c1-2-3-21-4-6-23(7-5-21)24-8-10-25(11-9-24)27-16-29(34)31(30(35)17-27)39-18-22-19-40-32(41-20-22)26-12-14-28(15-13-26)42-33(36,37)38/h8-17,21-23,32H,2-7,18-20H2,1H3. The van der Waals surface area contributed by atoms with Gasteiger partial charge < -0.3 is 18.9 Å². The smallest absolute Gasteiger partial charge is 0.487 e. The lowest BCUT2D eigenvalue weighted by Crippen LogP contribution is -2.31. The summed E-state index contributed by atoms with van der Waals surface area (Å²) in [6.07, 6.45) is 1.87. The molecule has 1 aliphatic heterocycles. The third kappa shape index (κ3) is 7.81. The first-order valence-electron chi connectivity index (χ1n) is 14.5. The van der Waals surface area contributed by atoms with E-state index < -0.39 is 30.0 Å². The number of halogens is 5. The average Bonchev–Trinajstić information content (AvgIpc) is 2.97. The Morgan fingerprint density at radius 3 is 1.93 bits per heavy atom. The van der Waals surface area contributed by atoms with Crippen LogP contribution in [0.4, 0.5) is 22.0 Å². The van der Waals surface area contributed by atoms with E-state index in [1.165, 1.54) is 80.5 Å². The number of alkyl halides is 3. The quantitative estimate of drug-likeness (QED) is 0.233. The fraction of sp³-hybridized carbons (Fsp3) is 0.455. The maximum Gasteiger partial charge on any atom is 0.573 e. The van der Waals surface area contributed by atoms with Crippen LogP contribution in [0.1, 0.15) is 68.8 Å². The summed E-state index contributed by atoms with van der Waals surface area (Å²) in [6.45, 7) is 2.56. The van der Waals surface area contributed by atoms with Gasteiger partial charge in [-0.1, -0.05) is 56.2 Å². The summed E-state index contributed by atoms with van der Waals surface area (Å²) in [7, 11) is 0. The summed E-state index contributed by atoms with van der Waals surface area (Å²) in [4.78, 5) is 0. The zero-order valence-corrected chi connectivity index (χ0v) is 23.5. The SMILES string of the molecule is CCCC1CCC(c2ccc(-c3cc(F)c(OCC4COC(c5ccc(OC(F)(F)F)cc5)OC4)c(F)c3)cc2)CC1. The molecule has 3 aromatic carbocycles. The first-order valence-corrected chi connectivity index (χ1v) is 14.5. The molecule has 0 N–H and O–H groups in total. The van der Waals surface area contributed by atoms with Crippen molar-refractivity contribution in [3.63, 3.8) is 0 Å². The summed E-state index contributed by atoms with van der Waals surface area (Å²) in [5.41, 5.74) is 2.97. The first kappa shape index (κ1) is 30.3. The van der Waals surface area contributed by atoms with Crippen LogP contribution in [0, 0.1) is 23.5 Å². The molecular weight excluding hydrogens is 555 g/mol. The molecule has 1 saturated carbocycles. The molecule has 0 spiro atoms. The van der Waals surface area contributed by atoms with Crippen LogP contribution >= 0.6 is 0 Å². The molecule has 5 rings (SSSR count). The molecule has 0 aromatic heterocycles. The average molecular weight is 591 g/mol. The van der Waals surface area contributed by atoms with E-state index in [0.717, 1.165) is 11.5 Å². The summed E-state index contributed by atoms with van der Waals surface area (Å²) in [5.74, 6) is -1.31. The van der Waals surface area contributed by atoms with Crippen molar-refractivity contribution in [2.24, 2.45) is 11.8 Å². The number of benzene rings is 3. The first-order chi connectivity index (χ1) is 20.2. The van der Waals surface area contributed by atoms with Gasteiger partial charge in [-0.3, -0.25) is 0 Å². The Bertz CT molecular complexity index is 1270. The highest BCUT2D eigenvalue weighted by Gasteiger charge is 2.31. The molecule has 226 valence electrons. The normalized spacial score (nSPS) is 23.0. The predicted molar refractivity (Wildman–Crippen MR) is 148 cm³/mol. The summed E-state index contributed by atoms with van der Waals surface area (Å²) in [6, 6.07) is 15.7. The van der Waals surface area contributed by atoms with E-state index >= 15 is 0 Å². The third-order valence-corrected chi connectivity index (χ3v) is 8.07. The van der Waals surface area contributed by atoms with Crippen LogP contribution in [0.15, 0.2) is 60.7 Å². The Labute approximate surface area is 242 Å². The summed E-state index contributed by atoms with van der Waals surface area (Å²) >= 11 is 0. The molecule has 1 saturated heterocycles. The Kier molecular flexibility index (Phi) is 9.68. The minimum absolute atomic E-state index is 0.0343. The lowest BCUT2D eigenvalue weighted by molar-refractivity contribution is -0.274. The van der Waals surface area contributed by atoms with Crippen LogP contribution < -0.4 is 9.47 Å². The van der Waals surface area contributed by atoms with E-state index in [2.05, 4.69) is 23.8 Å². The Hall–Kier alpha value is -3.17. The highest BCUT2D eigenvalue weighted by molar-refractivity contribution is 5.65. The molecule has 0 radical (unpaired) electrons. The van der Waals surface area contributed by atoms with Gasteiger partial charge in [-0.15, -0.1) is 13.2 Å². The van der Waals surface area contributed by atoms with Crippen LogP contribution in [0.25, 0.3) is 11.1 Å². The van der Waals surface area contributed by atoms with Gasteiger partial charge in [-0.25, -0.2) is 8.78 Å². The Balaban J connectivity index is 1.12. The predicted octanol–water partition coefficient (Wildman–Crippen LogP) is 9.34. The van der Waals surface area contributed by atoms with E-state index in [9.17, 15) is 22.0 Å². The van der Waals surface area contributed by atoms with Crippen LogP contribution in [-0.4, -0.2) is 26.2 Å². The molecule has 4 nitrogen and oxygen atoms in total. The maximum atomic E-state index is 14.9. The van der Waals surface area contributed by atoms with Crippen molar-refractivity contribution in [3.05, 3.63) is 83.4 Å². The van der Waals surface area contributed by atoms with Crippen molar-refractivity contribution in [3.8, 4) is 22.6 Å². The fourth-order valence-electron chi connectivity index (χ4n) is 5.86. The second kappa shape index (κ2) is 13.4. The van der Waals surface area contributed by atoms with Crippen molar-refractivity contribution < 1.29 is 40.9 Å². The molecular formula is C33H35F5O4. The van der Waals surface area contributed by atoms with E-state index in [1.807, 2.05) is 12.1 Å². The van der Waals surface area contributed by atoms with Crippen molar-refractivity contribution in [1.82, 2.24) is 0 Å². The number of hydrogen-bond acceptors (Lipinski definition) is 4. The molecule has 1 aliphatic carbocycles. The molecule has 3 aromatic rings. The molecule has 42 heavy (non-hydrogen) atoms. The second-order valence-corrected chi connectivity index (χ2v) is 11.2. The molecule has 1 heterocycles. The minimum Gasteiger partial charge on any atom is -0.487 e. The zero-order valence-electron chi connectivity index (χ0n) is 23.5. The lowest BCUT2D eigenvalue weighted by Gasteiger charge is -2.29. The molecule has 0 bridgehead atoms. The van der Waals surface area contributed by atoms with Crippen LogP contribution in [0.5, 0.6) is 11.5 Å². The highest BCUT2D eigenvalue weighted by atomic mass is 19.4. The fourth-order valence-corrected chi connectivity index (χ4v) is 5.86. The van der Waals surface area contributed by atoms with Gasteiger partial charge in [0.05, 0.1) is 19.8 Å². The zero-order chi connectivity index (χ0) is 29.7. The van der Waals surface area contributed by atoms with E-state index in [0.29, 0.717) is 17.0 Å². The van der Waals surface area contributed by atoms with Gasteiger partial charge in [0.1, 0.15) is 5.75 Å². The molecule has 2 fully saturated rings. The van der Waals surface area contributed by atoms with Crippen LogP contribution in [0.2, 0.25) is 0 Å². The molecule has 0 amide bonds.